The Morgan fingerprint density at radius 2 is 1.90 bits per heavy atom. The molecule has 1 amide bonds. The van der Waals surface area contributed by atoms with Gasteiger partial charge in [0, 0.05) is 0 Å². The number of carbonyl (C=O) groups excluding carboxylic acids is 1. The molecule has 0 aliphatic carbocycles. The number of fused-ring (bicyclic) bond motifs is 1. The van der Waals surface area contributed by atoms with Gasteiger partial charge in [-0.05, 0) is 48.2 Å². The van der Waals surface area contributed by atoms with E-state index in [-0.39, 0.29) is 5.91 Å². The lowest BCUT2D eigenvalue weighted by molar-refractivity contribution is -0.118. The number of methoxy groups -OCH3 is 1. The molecule has 2 aromatic heterocycles. The smallest absolute Gasteiger partial charge is 0.233 e. The Bertz CT molecular complexity index is 1150. The monoisotopic (exact) mass is 420 g/mol. The number of aryl methyl sites for hydroxylation is 2. The number of aromatic nitrogens is 1. The number of nitrogens with zero attached hydrogens (tertiary/aromatic N) is 2. The number of ether oxygens (including phenoxy) is 1. The van der Waals surface area contributed by atoms with Crippen molar-refractivity contribution in [2.45, 2.75) is 33.2 Å². The Labute approximate surface area is 179 Å². The van der Waals surface area contributed by atoms with E-state index in [1.54, 1.807) is 18.3 Å². The van der Waals surface area contributed by atoms with Crippen LogP contribution in [-0.2, 0) is 24.2 Å². The Balaban J connectivity index is 1.69. The average Bonchev–Trinajstić information content (AvgIpc) is 3.43. The van der Waals surface area contributed by atoms with Crippen molar-refractivity contribution in [1.29, 1.82) is 0 Å². The van der Waals surface area contributed by atoms with Crippen LogP contribution in [0.5, 0.6) is 5.75 Å². The standard InChI is InChI=1S/C24H24N2O3S/c1-4-17-8-10-18(11-9-17)14-21(27)26(15-19-6-5-13-29-19)24-25-22-20(28-3)12-7-16(2)23(22)30-24/h5-13H,4,14-15H2,1-3H3. The van der Waals surface area contributed by atoms with E-state index >= 15 is 0 Å². The van der Waals surface area contributed by atoms with Crippen LogP contribution in [0, 0.1) is 6.92 Å². The summed E-state index contributed by atoms with van der Waals surface area (Å²) in [6, 6.07) is 15.8. The molecule has 30 heavy (non-hydrogen) atoms. The number of carbonyl (C=O) groups is 1. The van der Waals surface area contributed by atoms with Crippen LogP contribution in [0.2, 0.25) is 0 Å². The molecule has 0 radical (unpaired) electrons. The fraction of sp³-hybridized carbons (Fsp3) is 0.250. The number of benzene rings is 2. The molecule has 0 saturated carbocycles. The summed E-state index contributed by atoms with van der Waals surface area (Å²) >= 11 is 1.50. The molecule has 0 bridgehead atoms. The third-order valence-corrected chi connectivity index (χ3v) is 6.34. The first-order valence-electron chi connectivity index (χ1n) is 9.93. The van der Waals surface area contributed by atoms with Gasteiger partial charge in [0.05, 0.1) is 31.0 Å². The van der Waals surface area contributed by atoms with Gasteiger partial charge in [0.1, 0.15) is 17.0 Å². The predicted octanol–water partition coefficient (Wildman–Crippen LogP) is 5.54. The number of rotatable bonds is 7. The van der Waals surface area contributed by atoms with Crippen LogP contribution >= 0.6 is 11.3 Å². The highest BCUT2D eigenvalue weighted by Crippen LogP contribution is 2.37. The second kappa shape index (κ2) is 8.71. The average molecular weight is 421 g/mol. The molecular weight excluding hydrogens is 396 g/mol. The van der Waals surface area contributed by atoms with Crippen LogP contribution in [0.3, 0.4) is 0 Å². The minimum atomic E-state index is -0.0219. The Hall–Kier alpha value is -3.12. The third-order valence-electron chi connectivity index (χ3n) is 5.12. The minimum Gasteiger partial charge on any atom is -0.494 e. The molecule has 6 heteroatoms. The summed E-state index contributed by atoms with van der Waals surface area (Å²) < 4.78 is 12.0. The number of anilines is 1. The van der Waals surface area contributed by atoms with Gasteiger partial charge in [0.2, 0.25) is 5.91 Å². The van der Waals surface area contributed by atoms with Crippen molar-refractivity contribution in [2.75, 3.05) is 12.0 Å². The first kappa shape index (κ1) is 20.2. The van der Waals surface area contributed by atoms with Crippen molar-refractivity contribution >= 4 is 32.6 Å². The maximum atomic E-state index is 13.3. The Morgan fingerprint density at radius 3 is 2.57 bits per heavy atom. The predicted molar refractivity (Wildman–Crippen MR) is 120 cm³/mol. The molecule has 0 spiro atoms. The molecule has 0 aliphatic rings. The van der Waals surface area contributed by atoms with E-state index in [4.69, 9.17) is 14.1 Å². The van der Waals surface area contributed by atoms with Gasteiger partial charge in [0.25, 0.3) is 0 Å². The van der Waals surface area contributed by atoms with Crippen molar-refractivity contribution in [1.82, 2.24) is 4.98 Å². The molecule has 154 valence electrons. The second-order valence-electron chi connectivity index (χ2n) is 7.16. The van der Waals surface area contributed by atoms with Crippen molar-refractivity contribution in [2.24, 2.45) is 0 Å². The third kappa shape index (κ3) is 4.09. The van der Waals surface area contributed by atoms with Crippen LogP contribution in [0.25, 0.3) is 10.2 Å². The van der Waals surface area contributed by atoms with E-state index in [0.717, 1.165) is 27.8 Å². The zero-order valence-electron chi connectivity index (χ0n) is 17.3. The summed E-state index contributed by atoms with van der Waals surface area (Å²) in [5.74, 6) is 1.40. The van der Waals surface area contributed by atoms with E-state index in [1.807, 2.05) is 43.3 Å². The Morgan fingerprint density at radius 1 is 1.13 bits per heavy atom. The molecular formula is C24H24N2O3S. The van der Waals surface area contributed by atoms with Gasteiger partial charge in [-0.3, -0.25) is 9.69 Å². The quantitative estimate of drug-likeness (QED) is 0.394. The molecule has 4 rings (SSSR count). The van der Waals surface area contributed by atoms with Gasteiger partial charge >= 0.3 is 0 Å². The molecule has 4 aromatic rings. The topological polar surface area (TPSA) is 55.6 Å². The SMILES string of the molecule is CCc1ccc(CC(=O)N(Cc2ccco2)c2nc3c(OC)ccc(C)c3s2)cc1. The number of hydrogen-bond acceptors (Lipinski definition) is 5. The molecule has 0 unspecified atom stereocenters. The fourth-order valence-electron chi connectivity index (χ4n) is 3.36. The molecule has 0 aliphatic heterocycles. The summed E-state index contributed by atoms with van der Waals surface area (Å²) in [4.78, 5) is 19.8. The van der Waals surface area contributed by atoms with Gasteiger partial charge in [-0.1, -0.05) is 48.6 Å². The first-order valence-corrected chi connectivity index (χ1v) is 10.8. The van der Waals surface area contributed by atoms with E-state index in [0.29, 0.717) is 29.6 Å². The fourth-order valence-corrected chi connectivity index (χ4v) is 4.43. The normalized spacial score (nSPS) is 11.0. The summed E-state index contributed by atoms with van der Waals surface area (Å²) in [6.07, 6.45) is 2.90. The van der Waals surface area contributed by atoms with Crippen molar-refractivity contribution in [3.8, 4) is 5.75 Å². The largest absolute Gasteiger partial charge is 0.494 e. The minimum absolute atomic E-state index is 0.0219. The zero-order chi connectivity index (χ0) is 21.1. The lowest BCUT2D eigenvalue weighted by Crippen LogP contribution is -2.31. The van der Waals surface area contributed by atoms with E-state index in [9.17, 15) is 4.79 Å². The Kier molecular flexibility index (Phi) is 5.86. The highest BCUT2D eigenvalue weighted by atomic mass is 32.1. The lowest BCUT2D eigenvalue weighted by atomic mass is 10.1. The van der Waals surface area contributed by atoms with E-state index in [1.165, 1.54) is 16.9 Å². The van der Waals surface area contributed by atoms with Crippen LogP contribution in [0.1, 0.15) is 29.4 Å². The van der Waals surface area contributed by atoms with Crippen molar-refractivity contribution in [3.63, 3.8) is 0 Å². The molecule has 0 saturated heterocycles. The first-order chi connectivity index (χ1) is 14.6. The van der Waals surface area contributed by atoms with E-state index < -0.39 is 0 Å². The summed E-state index contributed by atoms with van der Waals surface area (Å²) in [7, 11) is 1.63. The van der Waals surface area contributed by atoms with Gasteiger partial charge in [-0.15, -0.1) is 0 Å². The molecule has 0 N–H and O–H groups in total. The van der Waals surface area contributed by atoms with Crippen LogP contribution in [-0.4, -0.2) is 18.0 Å². The molecule has 0 fully saturated rings. The number of furan rings is 1. The summed E-state index contributed by atoms with van der Waals surface area (Å²) in [6.45, 7) is 4.49. The molecule has 0 atom stereocenters. The maximum absolute atomic E-state index is 13.3. The highest BCUT2D eigenvalue weighted by molar-refractivity contribution is 7.22. The number of amides is 1. The van der Waals surface area contributed by atoms with Crippen molar-refractivity contribution in [3.05, 3.63) is 77.2 Å². The molecule has 2 aromatic carbocycles. The zero-order valence-corrected chi connectivity index (χ0v) is 18.2. The van der Waals surface area contributed by atoms with Gasteiger partial charge in [0.15, 0.2) is 5.13 Å². The summed E-state index contributed by atoms with van der Waals surface area (Å²) in [5.41, 5.74) is 4.13. The van der Waals surface area contributed by atoms with Gasteiger partial charge < -0.3 is 9.15 Å². The maximum Gasteiger partial charge on any atom is 0.233 e. The van der Waals surface area contributed by atoms with Crippen LogP contribution in [0.4, 0.5) is 5.13 Å². The number of thiazole rings is 1. The van der Waals surface area contributed by atoms with Crippen LogP contribution < -0.4 is 9.64 Å². The van der Waals surface area contributed by atoms with E-state index in [2.05, 4.69) is 19.1 Å². The van der Waals surface area contributed by atoms with Crippen molar-refractivity contribution < 1.29 is 13.9 Å². The molecule has 2 heterocycles. The highest BCUT2D eigenvalue weighted by Gasteiger charge is 2.23. The van der Waals surface area contributed by atoms with Gasteiger partial charge in [-0.25, -0.2) is 4.98 Å². The van der Waals surface area contributed by atoms with Crippen LogP contribution in [0.15, 0.2) is 59.2 Å². The lowest BCUT2D eigenvalue weighted by Gasteiger charge is -2.19. The molecule has 5 nitrogen and oxygen atoms in total. The summed E-state index contributed by atoms with van der Waals surface area (Å²) in [5, 5.41) is 0.643. The van der Waals surface area contributed by atoms with Gasteiger partial charge in [-0.2, -0.15) is 0 Å². The second-order valence-corrected chi connectivity index (χ2v) is 8.14. The number of hydrogen-bond donors (Lipinski definition) is 0.